The van der Waals surface area contributed by atoms with Crippen LogP contribution in [0, 0.1) is 13.8 Å². The Balaban J connectivity index is 2.64. The van der Waals surface area contributed by atoms with Gasteiger partial charge < -0.3 is 9.88 Å². The number of rotatable bonds is 2. The molecule has 86 valence electrons. The molecule has 0 saturated heterocycles. The molecule has 2 rings (SSSR count). The summed E-state index contributed by atoms with van der Waals surface area (Å²) in [6, 6.07) is 0. The monoisotopic (exact) mass is 237 g/mol. The first-order valence-electron chi connectivity index (χ1n) is 5.12. The van der Waals surface area contributed by atoms with E-state index in [0.717, 1.165) is 26.5 Å². The van der Waals surface area contributed by atoms with E-state index < -0.39 is 0 Å². The van der Waals surface area contributed by atoms with Crippen molar-refractivity contribution in [3.63, 3.8) is 0 Å². The minimum Gasteiger partial charge on any atom is -0.309 e. The number of H-pyrrole nitrogens is 1. The molecule has 0 spiro atoms. The van der Waals surface area contributed by atoms with Gasteiger partial charge in [0.05, 0.1) is 11.9 Å². The molecule has 5 heteroatoms. The van der Waals surface area contributed by atoms with Crippen molar-refractivity contribution >= 4 is 21.6 Å². The van der Waals surface area contributed by atoms with Crippen LogP contribution in [-0.2, 0) is 6.54 Å². The van der Waals surface area contributed by atoms with E-state index in [-0.39, 0.29) is 5.56 Å². The van der Waals surface area contributed by atoms with Crippen LogP contribution in [0.15, 0.2) is 4.79 Å². The fraction of sp³-hybridized carbons (Fsp3) is 0.455. The van der Waals surface area contributed by atoms with E-state index in [2.05, 4.69) is 9.97 Å². The zero-order chi connectivity index (χ0) is 11.9. The lowest BCUT2D eigenvalue weighted by atomic mass is 10.2. The van der Waals surface area contributed by atoms with E-state index in [1.807, 2.05) is 32.8 Å². The van der Waals surface area contributed by atoms with Crippen molar-refractivity contribution < 1.29 is 0 Å². The van der Waals surface area contributed by atoms with Gasteiger partial charge in [0.25, 0.3) is 5.56 Å². The Labute approximate surface area is 97.9 Å². The minimum absolute atomic E-state index is 0.0244. The first kappa shape index (κ1) is 11.3. The molecular formula is C11H15N3OS. The molecule has 0 aliphatic carbocycles. The van der Waals surface area contributed by atoms with E-state index in [0.29, 0.717) is 6.54 Å². The van der Waals surface area contributed by atoms with Crippen molar-refractivity contribution in [1.82, 2.24) is 14.9 Å². The van der Waals surface area contributed by atoms with Crippen LogP contribution >= 0.6 is 11.3 Å². The maximum atomic E-state index is 11.9. The van der Waals surface area contributed by atoms with Crippen molar-refractivity contribution in [1.29, 1.82) is 0 Å². The van der Waals surface area contributed by atoms with Gasteiger partial charge in [-0.2, -0.15) is 0 Å². The van der Waals surface area contributed by atoms with Crippen LogP contribution in [-0.4, -0.2) is 29.0 Å². The molecule has 1 N–H and O–H groups in total. The second-order valence-corrected chi connectivity index (χ2v) is 5.42. The lowest BCUT2D eigenvalue weighted by molar-refractivity contribution is 0.390. The molecule has 0 atom stereocenters. The van der Waals surface area contributed by atoms with E-state index in [9.17, 15) is 4.79 Å². The Bertz CT molecular complexity index is 583. The van der Waals surface area contributed by atoms with Crippen LogP contribution < -0.4 is 5.56 Å². The number of thiophene rings is 1. The number of nitrogens with zero attached hydrogens (tertiary/aromatic N) is 2. The van der Waals surface area contributed by atoms with Crippen LogP contribution in [0.5, 0.6) is 0 Å². The predicted octanol–water partition coefficient (Wildman–Crippen LogP) is 1.66. The lowest BCUT2D eigenvalue weighted by Gasteiger charge is -2.07. The molecule has 16 heavy (non-hydrogen) atoms. The number of nitrogens with one attached hydrogen (secondary N) is 1. The zero-order valence-corrected chi connectivity index (χ0v) is 10.7. The molecule has 0 aromatic carbocycles. The molecule has 2 aromatic rings. The fourth-order valence-corrected chi connectivity index (χ4v) is 2.72. The van der Waals surface area contributed by atoms with Gasteiger partial charge in [0.2, 0.25) is 0 Å². The van der Waals surface area contributed by atoms with Crippen molar-refractivity contribution in [3.05, 3.63) is 26.6 Å². The van der Waals surface area contributed by atoms with Crippen molar-refractivity contribution in [2.75, 3.05) is 14.1 Å². The third-order valence-electron chi connectivity index (χ3n) is 2.55. The molecule has 0 saturated carbocycles. The van der Waals surface area contributed by atoms with Crippen LogP contribution in [0.3, 0.4) is 0 Å². The van der Waals surface area contributed by atoms with Gasteiger partial charge in [0.15, 0.2) is 0 Å². The predicted molar refractivity (Wildman–Crippen MR) is 67.1 cm³/mol. The molecule has 0 aliphatic rings. The Morgan fingerprint density at radius 3 is 2.69 bits per heavy atom. The van der Waals surface area contributed by atoms with Gasteiger partial charge in [-0.3, -0.25) is 4.79 Å². The van der Waals surface area contributed by atoms with Crippen LogP contribution in [0.25, 0.3) is 10.2 Å². The smallest absolute Gasteiger partial charge is 0.259 e. The Morgan fingerprint density at radius 1 is 1.38 bits per heavy atom. The molecule has 0 radical (unpaired) electrons. The highest BCUT2D eigenvalue weighted by molar-refractivity contribution is 7.18. The highest BCUT2D eigenvalue weighted by Crippen LogP contribution is 2.25. The van der Waals surface area contributed by atoms with E-state index >= 15 is 0 Å². The topological polar surface area (TPSA) is 49.0 Å². The van der Waals surface area contributed by atoms with E-state index in [1.54, 1.807) is 11.3 Å². The molecule has 0 bridgehead atoms. The number of aromatic amines is 1. The SMILES string of the molecule is Cc1sc2nc(CN(C)C)[nH]c(=O)c2c1C. The summed E-state index contributed by atoms with van der Waals surface area (Å²) in [6.07, 6.45) is 0. The summed E-state index contributed by atoms with van der Waals surface area (Å²) >= 11 is 1.58. The zero-order valence-electron chi connectivity index (χ0n) is 9.92. The summed E-state index contributed by atoms with van der Waals surface area (Å²) in [5.41, 5.74) is 1.02. The maximum Gasteiger partial charge on any atom is 0.259 e. The third kappa shape index (κ3) is 1.88. The summed E-state index contributed by atoms with van der Waals surface area (Å²) in [7, 11) is 3.91. The molecule has 0 amide bonds. The summed E-state index contributed by atoms with van der Waals surface area (Å²) in [5, 5.41) is 0.741. The number of aromatic nitrogens is 2. The molecule has 0 unspecified atom stereocenters. The average molecular weight is 237 g/mol. The van der Waals surface area contributed by atoms with Gasteiger partial charge in [-0.15, -0.1) is 11.3 Å². The molecular weight excluding hydrogens is 222 g/mol. The summed E-state index contributed by atoms with van der Waals surface area (Å²) in [6.45, 7) is 4.64. The van der Waals surface area contributed by atoms with Gasteiger partial charge in [-0.1, -0.05) is 0 Å². The molecule has 2 aromatic heterocycles. The van der Waals surface area contributed by atoms with Gasteiger partial charge >= 0.3 is 0 Å². The highest BCUT2D eigenvalue weighted by atomic mass is 32.1. The molecule has 0 aliphatic heterocycles. The van der Waals surface area contributed by atoms with Crippen LogP contribution in [0.2, 0.25) is 0 Å². The summed E-state index contributed by atoms with van der Waals surface area (Å²) in [5.74, 6) is 0.726. The van der Waals surface area contributed by atoms with Crippen LogP contribution in [0.4, 0.5) is 0 Å². The first-order valence-corrected chi connectivity index (χ1v) is 5.94. The van der Waals surface area contributed by atoms with E-state index in [1.165, 1.54) is 0 Å². The first-order chi connectivity index (χ1) is 7.49. The number of fused-ring (bicyclic) bond motifs is 1. The second kappa shape index (κ2) is 3.99. The third-order valence-corrected chi connectivity index (χ3v) is 3.66. The standard InChI is InChI=1S/C11H15N3OS/c1-6-7(2)16-11-9(6)10(15)12-8(13-11)5-14(3)4/h5H2,1-4H3,(H,12,13,15). The lowest BCUT2D eigenvalue weighted by Crippen LogP contribution is -2.18. The Kier molecular flexibility index (Phi) is 2.82. The van der Waals surface area contributed by atoms with Gasteiger partial charge in [0, 0.05) is 4.88 Å². The molecule has 4 nitrogen and oxygen atoms in total. The average Bonchev–Trinajstić information content (AvgIpc) is 2.41. The van der Waals surface area contributed by atoms with Crippen molar-refractivity contribution in [2.24, 2.45) is 0 Å². The normalized spacial score (nSPS) is 11.6. The number of aryl methyl sites for hydroxylation is 2. The number of hydrogen-bond acceptors (Lipinski definition) is 4. The van der Waals surface area contributed by atoms with Crippen LogP contribution in [0.1, 0.15) is 16.3 Å². The molecule has 0 fully saturated rings. The maximum absolute atomic E-state index is 11.9. The Hall–Kier alpha value is -1.20. The molecule has 2 heterocycles. The summed E-state index contributed by atoms with van der Waals surface area (Å²) in [4.78, 5) is 23.2. The van der Waals surface area contributed by atoms with Gasteiger partial charge in [0.1, 0.15) is 10.7 Å². The number of hydrogen-bond donors (Lipinski definition) is 1. The fourth-order valence-electron chi connectivity index (χ4n) is 1.67. The minimum atomic E-state index is -0.0244. The highest BCUT2D eigenvalue weighted by Gasteiger charge is 2.11. The Morgan fingerprint density at radius 2 is 2.06 bits per heavy atom. The van der Waals surface area contributed by atoms with Crippen molar-refractivity contribution in [3.8, 4) is 0 Å². The van der Waals surface area contributed by atoms with Gasteiger partial charge in [-0.05, 0) is 33.5 Å². The van der Waals surface area contributed by atoms with E-state index in [4.69, 9.17) is 0 Å². The summed E-state index contributed by atoms with van der Waals surface area (Å²) < 4.78 is 0. The quantitative estimate of drug-likeness (QED) is 0.864. The van der Waals surface area contributed by atoms with Crippen molar-refractivity contribution in [2.45, 2.75) is 20.4 Å². The van der Waals surface area contributed by atoms with Gasteiger partial charge in [-0.25, -0.2) is 4.98 Å². The largest absolute Gasteiger partial charge is 0.309 e. The second-order valence-electron chi connectivity index (χ2n) is 4.21.